The van der Waals surface area contributed by atoms with E-state index in [-0.39, 0.29) is 5.41 Å². The summed E-state index contributed by atoms with van der Waals surface area (Å²) < 4.78 is 11.6. The maximum atomic E-state index is 6.02. The molecule has 4 rings (SSSR count). The lowest BCUT2D eigenvalue weighted by Gasteiger charge is -2.47. The van der Waals surface area contributed by atoms with Crippen molar-refractivity contribution < 1.29 is 9.47 Å². The topological polar surface area (TPSA) is 50.7 Å². The molecule has 3 aliphatic heterocycles. The fourth-order valence-electron chi connectivity index (χ4n) is 4.32. The number of nitrogens with zero attached hydrogens (tertiary/aromatic N) is 4. The van der Waals surface area contributed by atoms with E-state index >= 15 is 0 Å². The summed E-state index contributed by atoms with van der Waals surface area (Å²) in [4.78, 5) is 5.09. The summed E-state index contributed by atoms with van der Waals surface area (Å²) >= 11 is 1.63. The third-order valence-electron chi connectivity index (χ3n) is 5.46. The van der Waals surface area contributed by atoms with Gasteiger partial charge in [-0.15, -0.1) is 10.2 Å². The summed E-state index contributed by atoms with van der Waals surface area (Å²) in [5, 5.41) is 9.33. The average Bonchev–Trinajstić information content (AvgIpc) is 3.06. The van der Waals surface area contributed by atoms with Gasteiger partial charge in [-0.2, -0.15) is 0 Å². The molecule has 0 unspecified atom stereocenters. The molecule has 0 aliphatic carbocycles. The van der Waals surface area contributed by atoms with E-state index in [4.69, 9.17) is 9.47 Å². The highest BCUT2D eigenvalue weighted by Crippen LogP contribution is 2.36. The van der Waals surface area contributed by atoms with E-state index in [9.17, 15) is 0 Å². The highest BCUT2D eigenvalue weighted by atomic mass is 32.1. The van der Waals surface area contributed by atoms with E-state index in [0.29, 0.717) is 6.04 Å². The largest absolute Gasteiger partial charge is 0.381 e. The predicted octanol–water partition coefficient (Wildman–Crippen LogP) is 1.64. The van der Waals surface area contributed by atoms with Crippen LogP contribution in [0.2, 0.25) is 0 Å². The fourth-order valence-corrected chi connectivity index (χ4v) is 4.90. The van der Waals surface area contributed by atoms with Crippen molar-refractivity contribution in [2.75, 3.05) is 57.5 Å². The van der Waals surface area contributed by atoms with Gasteiger partial charge in [-0.05, 0) is 32.2 Å². The molecule has 0 amide bonds. The van der Waals surface area contributed by atoms with Gasteiger partial charge in [-0.25, -0.2) is 0 Å². The first kappa shape index (κ1) is 15.7. The van der Waals surface area contributed by atoms with Crippen molar-refractivity contribution in [3.8, 4) is 0 Å². The Morgan fingerprint density at radius 1 is 1.13 bits per heavy atom. The summed E-state index contributed by atoms with van der Waals surface area (Å²) in [6.07, 6.45) is 4.88. The molecule has 6 nitrogen and oxygen atoms in total. The van der Waals surface area contributed by atoms with Gasteiger partial charge < -0.3 is 14.4 Å². The van der Waals surface area contributed by atoms with E-state index in [1.54, 1.807) is 11.3 Å². The molecule has 3 fully saturated rings. The highest BCUT2D eigenvalue weighted by molar-refractivity contribution is 7.13. The molecule has 1 atom stereocenters. The Kier molecular flexibility index (Phi) is 4.80. The smallest absolute Gasteiger partial charge is 0.208 e. The lowest BCUT2D eigenvalue weighted by atomic mass is 9.79. The zero-order valence-corrected chi connectivity index (χ0v) is 14.5. The Morgan fingerprint density at radius 2 is 2.04 bits per heavy atom. The molecule has 0 N–H and O–H groups in total. The maximum Gasteiger partial charge on any atom is 0.208 e. The lowest BCUT2D eigenvalue weighted by Crippen LogP contribution is -2.54. The van der Waals surface area contributed by atoms with Gasteiger partial charge in [0, 0.05) is 44.3 Å². The second-order valence-electron chi connectivity index (χ2n) is 7.11. The number of ether oxygens (including phenoxy) is 2. The van der Waals surface area contributed by atoms with Gasteiger partial charge in [-0.3, -0.25) is 4.90 Å². The van der Waals surface area contributed by atoms with E-state index in [0.717, 1.165) is 51.2 Å². The molecule has 1 spiro atoms. The molecule has 128 valence electrons. The Hall–Kier alpha value is -0.760. The molecule has 3 saturated heterocycles. The summed E-state index contributed by atoms with van der Waals surface area (Å²) in [6.45, 7) is 7.85. The summed E-state index contributed by atoms with van der Waals surface area (Å²) in [5.74, 6) is 0. The van der Waals surface area contributed by atoms with Gasteiger partial charge in [0.15, 0.2) is 0 Å². The number of anilines is 1. The minimum absolute atomic E-state index is 0.235. The van der Waals surface area contributed by atoms with Crippen LogP contribution in [-0.4, -0.2) is 73.7 Å². The quantitative estimate of drug-likeness (QED) is 0.817. The van der Waals surface area contributed by atoms with Crippen molar-refractivity contribution in [3.63, 3.8) is 0 Å². The maximum absolute atomic E-state index is 6.02. The van der Waals surface area contributed by atoms with Crippen LogP contribution < -0.4 is 4.90 Å². The monoisotopic (exact) mass is 338 g/mol. The van der Waals surface area contributed by atoms with Crippen LogP contribution in [-0.2, 0) is 9.47 Å². The molecule has 0 saturated carbocycles. The number of rotatable bonds is 2. The normalized spacial score (nSPS) is 31.4. The Labute approximate surface area is 141 Å². The van der Waals surface area contributed by atoms with Crippen molar-refractivity contribution in [1.29, 1.82) is 0 Å². The lowest BCUT2D eigenvalue weighted by molar-refractivity contribution is -0.0283. The molecule has 1 aromatic heterocycles. The van der Waals surface area contributed by atoms with Crippen molar-refractivity contribution in [2.45, 2.75) is 31.7 Å². The molecule has 0 bridgehead atoms. The molecule has 4 heterocycles. The summed E-state index contributed by atoms with van der Waals surface area (Å²) in [7, 11) is 0. The van der Waals surface area contributed by atoms with E-state index in [2.05, 4.69) is 20.0 Å². The molecule has 0 radical (unpaired) electrons. The van der Waals surface area contributed by atoms with E-state index < -0.39 is 0 Å². The van der Waals surface area contributed by atoms with Gasteiger partial charge in [-0.1, -0.05) is 11.3 Å². The van der Waals surface area contributed by atoms with Gasteiger partial charge >= 0.3 is 0 Å². The first-order valence-electron chi connectivity index (χ1n) is 8.75. The standard InChI is InChI=1S/C16H26N4O2S/c1-4-16(10-19(5-1)14-2-7-21-8-3-14)11-20(6-9-22-12-16)15-18-17-13-23-15/h13-14H,1-12H2/t16-/m0/s1. The Bertz CT molecular complexity index is 494. The van der Waals surface area contributed by atoms with Gasteiger partial charge in [0.1, 0.15) is 5.51 Å². The van der Waals surface area contributed by atoms with Crippen LogP contribution in [0.4, 0.5) is 5.13 Å². The van der Waals surface area contributed by atoms with Crippen LogP contribution in [0.5, 0.6) is 0 Å². The van der Waals surface area contributed by atoms with Crippen molar-refractivity contribution in [1.82, 2.24) is 15.1 Å². The van der Waals surface area contributed by atoms with E-state index in [1.165, 1.54) is 32.2 Å². The summed E-state index contributed by atoms with van der Waals surface area (Å²) in [5.41, 5.74) is 2.06. The van der Waals surface area contributed by atoms with E-state index in [1.807, 2.05) is 5.51 Å². The Balaban J connectivity index is 1.48. The number of hydrogen-bond acceptors (Lipinski definition) is 7. The number of aromatic nitrogens is 2. The van der Waals surface area contributed by atoms with Gasteiger partial charge in [0.2, 0.25) is 5.13 Å². The highest BCUT2D eigenvalue weighted by Gasteiger charge is 2.41. The second kappa shape index (κ2) is 7.01. The molecule has 7 heteroatoms. The molecular weight excluding hydrogens is 312 g/mol. The minimum atomic E-state index is 0.235. The molecule has 0 aromatic carbocycles. The zero-order valence-electron chi connectivity index (χ0n) is 13.7. The zero-order chi connectivity index (χ0) is 15.5. The van der Waals surface area contributed by atoms with Gasteiger partial charge in [0.25, 0.3) is 0 Å². The van der Waals surface area contributed by atoms with Crippen LogP contribution in [0.3, 0.4) is 0 Å². The predicted molar refractivity (Wildman–Crippen MR) is 90.0 cm³/mol. The van der Waals surface area contributed by atoms with Crippen LogP contribution in [0.15, 0.2) is 5.51 Å². The fraction of sp³-hybridized carbons (Fsp3) is 0.875. The van der Waals surface area contributed by atoms with Crippen molar-refractivity contribution >= 4 is 16.5 Å². The summed E-state index contributed by atoms with van der Waals surface area (Å²) in [6, 6.07) is 0.694. The number of likely N-dealkylation sites (tertiary alicyclic amines) is 1. The SMILES string of the molecule is c1nnc(N2CCOC[C@]3(CCCN(C4CCOCC4)C3)C2)s1. The number of piperidine rings is 1. The van der Waals surface area contributed by atoms with Crippen LogP contribution >= 0.6 is 11.3 Å². The Morgan fingerprint density at radius 3 is 2.87 bits per heavy atom. The minimum Gasteiger partial charge on any atom is -0.381 e. The third-order valence-corrected chi connectivity index (χ3v) is 6.21. The average molecular weight is 338 g/mol. The first-order valence-corrected chi connectivity index (χ1v) is 9.63. The molecule has 3 aliphatic rings. The molecule has 1 aromatic rings. The van der Waals surface area contributed by atoms with Crippen molar-refractivity contribution in [3.05, 3.63) is 5.51 Å². The molecule has 23 heavy (non-hydrogen) atoms. The van der Waals surface area contributed by atoms with Crippen molar-refractivity contribution in [2.24, 2.45) is 5.41 Å². The first-order chi connectivity index (χ1) is 11.3. The molecular formula is C16H26N4O2S. The van der Waals surface area contributed by atoms with Crippen LogP contribution in [0.25, 0.3) is 0 Å². The van der Waals surface area contributed by atoms with Crippen LogP contribution in [0.1, 0.15) is 25.7 Å². The van der Waals surface area contributed by atoms with Gasteiger partial charge in [0.05, 0.1) is 13.2 Å². The number of hydrogen-bond donors (Lipinski definition) is 0. The van der Waals surface area contributed by atoms with Crippen LogP contribution in [0, 0.1) is 5.41 Å². The third kappa shape index (κ3) is 3.52. The second-order valence-corrected chi connectivity index (χ2v) is 7.92.